The van der Waals surface area contributed by atoms with Gasteiger partial charge in [-0.3, -0.25) is 19.4 Å². The van der Waals surface area contributed by atoms with E-state index in [4.69, 9.17) is 24.5 Å². The number of piperidine rings is 1. The van der Waals surface area contributed by atoms with Crippen molar-refractivity contribution in [2.75, 3.05) is 13.1 Å². The van der Waals surface area contributed by atoms with E-state index in [0.717, 1.165) is 38.0 Å². The number of aryl methyl sites for hydroxylation is 1. The molecule has 0 spiro atoms. The molecule has 4 heterocycles. The molecule has 0 saturated carbocycles. The van der Waals surface area contributed by atoms with Gasteiger partial charge in [0.05, 0.1) is 12.3 Å². The molecule has 2 saturated heterocycles. The van der Waals surface area contributed by atoms with Gasteiger partial charge in [0.25, 0.3) is 0 Å². The van der Waals surface area contributed by atoms with Gasteiger partial charge in [-0.1, -0.05) is 6.07 Å². The second-order valence-electron chi connectivity index (χ2n) is 8.89. The van der Waals surface area contributed by atoms with Crippen molar-refractivity contribution >= 4 is 17.8 Å². The topological polar surface area (TPSA) is 147 Å². The average molecular weight is 583 g/mol. The van der Waals surface area contributed by atoms with Crippen LogP contribution in [-0.2, 0) is 39.3 Å². The first-order valence-electron chi connectivity index (χ1n) is 11.7. The molecular formula is C23H27F6N5O6. The number of halogens is 6. The number of carbonyl (C=O) groups is 3. The van der Waals surface area contributed by atoms with Gasteiger partial charge in [-0.2, -0.15) is 31.4 Å². The van der Waals surface area contributed by atoms with Crippen molar-refractivity contribution in [2.45, 2.75) is 50.5 Å². The van der Waals surface area contributed by atoms with E-state index >= 15 is 0 Å². The Hall–Kier alpha value is -3.73. The number of carboxylic acids is 2. The number of alkyl halides is 6. The van der Waals surface area contributed by atoms with E-state index in [1.807, 2.05) is 30.1 Å². The van der Waals surface area contributed by atoms with Crippen molar-refractivity contribution in [3.8, 4) is 0 Å². The Morgan fingerprint density at radius 1 is 1.07 bits per heavy atom. The van der Waals surface area contributed by atoms with E-state index in [1.165, 1.54) is 5.56 Å². The van der Waals surface area contributed by atoms with Crippen LogP contribution in [0.3, 0.4) is 0 Å². The Labute approximate surface area is 223 Å². The lowest BCUT2D eigenvalue weighted by Crippen LogP contribution is -2.42. The zero-order chi connectivity index (χ0) is 30.1. The van der Waals surface area contributed by atoms with Crippen molar-refractivity contribution in [3.63, 3.8) is 0 Å². The number of carboxylic acid groups (broad SMARTS) is 2. The number of carbonyl (C=O) groups excluding carboxylic acids is 1. The van der Waals surface area contributed by atoms with Crippen LogP contribution in [-0.4, -0.2) is 85.4 Å². The lowest BCUT2D eigenvalue weighted by Gasteiger charge is -2.33. The Morgan fingerprint density at radius 2 is 1.70 bits per heavy atom. The molecule has 40 heavy (non-hydrogen) atoms. The molecule has 2 fully saturated rings. The molecule has 2 aromatic heterocycles. The van der Waals surface area contributed by atoms with E-state index in [1.54, 1.807) is 12.4 Å². The molecule has 0 bridgehead atoms. The van der Waals surface area contributed by atoms with Gasteiger partial charge >= 0.3 is 24.3 Å². The zero-order valence-corrected chi connectivity index (χ0v) is 21.0. The maximum Gasteiger partial charge on any atom is 0.490 e. The maximum atomic E-state index is 12.5. The summed E-state index contributed by atoms with van der Waals surface area (Å²) in [6, 6.07) is 3.83. The highest BCUT2D eigenvalue weighted by Gasteiger charge is 2.42. The lowest BCUT2D eigenvalue weighted by molar-refractivity contribution is -0.193. The summed E-state index contributed by atoms with van der Waals surface area (Å²) in [4.78, 5) is 36.7. The molecule has 4 rings (SSSR count). The first-order valence-corrected chi connectivity index (χ1v) is 11.7. The zero-order valence-electron chi connectivity index (χ0n) is 21.0. The summed E-state index contributed by atoms with van der Waals surface area (Å²) < 4.78 is 71.4. The Kier molecular flexibility index (Phi) is 11.4. The van der Waals surface area contributed by atoms with Gasteiger partial charge in [-0.15, -0.1) is 0 Å². The van der Waals surface area contributed by atoms with Crippen LogP contribution >= 0.6 is 0 Å². The molecule has 2 aliphatic rings. The largest absolute Gasteiger partial charge is 0.490 e. The van der Waals surface area contributed by atoms with Crippen LogP contribution in [0.5, 0.6) is 0 Å². The van der Waals surface area contributed by atoms with Crippen LogP contribution in [0.15, 0.2) is 36.9 Å². The van der Waals surface area contributed by atoms with Gasteiger partial charge in [0.15, 0.2) is 0 Å². The fourth-order valence-corrected chi connectivity index (χ4v) is 3.92. The van der Waals surface area contributed by atoms with Crippen LogP contribution in [0, 0.1) is 5.92 Å². The minimum atomic E-state index is -5.08. The van der Waals surface area contributed by atoms with Gasteiger partial charge in [-0.05, 0) is 36.9 Å². The molecule has 2 aliphatic heterocycles. The molecule has 2 aromatic rings. The van der Waals surface area contributed by atoms with Gasteiger partial charge in [0.1, 0.15) is 6.10 Å². The first kappa shape index (κ1) is 32.5. The summed E-state index contributed by atoms with van der Waals surface area (Å²) >= 11 is 0. The Bertz CT molecular complexity index is 1100. The molecule has 17 heteroatoms. The molecule has 11 nitrogen and oxygen atoms in total. The Balaban J connectivity index is 0.000000333. The smallest absolute Gasteiger partial charge is 0.475 e. The number of fused-ring (bicyclic) bond motifs is 1. The highest BCUT2D eigenvalue weighted by molar-refractivity contribution is 5.81. The molecule has 222 valence electrons. The molecule has 1 amide bonds. The maximum absolute atomic E-state index is 12.5. The number of hydrogen-bond acceptors (Lipinski definition) is 7. The number of likely N-dealkylation sites (tertiary alicyclic amines) is 1. The van der Waals surface area contributed by atoms with Crippen LogP contribution < -0.4 is 5.32 Å². The summed E-state index contributed by atoms with van der Waals surface area (Å²) in [5.74, 6) is -5.05. The monoisotopic (exact) mass is 583 g/mol. The predicted molar refractivity (Wildman–Crippen MR) is 123 cm³/mol. The number of ether oxygens (including phenoxy) is 1. The van der Waals surface area contributed by atoms with Crippen LogP contribution in [0.4, 0.5) is 26.3 Å². The summed E-state index contributed by atoms with van der Waals surface area (Å²) in [6.07, 6.45) is -0.984. The SMILES string of the molecule is Cn1cc(CN2CC[C@H]3C[C@@H](C(=O)NCc4cccnc4)O[C@H]3C2)cn1.O=C(O)C(F)(F)F.O=C(O)C(F)(F)F. The van der Waals surface area contributed by atoms with E-state index in [2.05, 4.69) is 26.5 Å². The number of nitrogens with one attached hydrogen (secondary N) is 1. The number of pyridine rings is 1. The summed E-state index contributed by atoms with van der Waals surface area (Å²) in [5.41, 5.74) is 2.22. The number of hydrogen-bond donors (Lipinski definition) is 3. The van der Waals surface area contributed by atoms with Crippen molar-refractivity contribution in [2.24, 2.45) is 13.0 Å². The van der Waals surface area contributed by atoms with Gasteiger partial charge < -0.3 is 20.3 Å². The molecule has 3 atom stereocenters. The summed E-state index contributed by atoms with van der Waals surface area (Å²) in [7, 11) is 1.94. The molecule has 0 aliphatic carbocycles. The van der Waals surface area contributed by atoms with Crippen molar-refractivity contribution < 1.29 is 55.7 Å². The first-order chi connectivity index (χ1) is 18.6. The van der Waals surface area contributed by atoms with E-state index in [0.29, 0.717) is 12.5 Å². The van der Waals surface area contributed by atoms with Crippen LogP contribution in [0.25, 0.3) is 0 Å². The lowest BCUT2D eigenvalue weighted by atomic mass is 9.91. The van der Waals surface area contributed by atoms with Crippen molar-refractivity contribution in [1.29, 1.82) is 0 Å². The van der Waals surface area contributed by atoms with Gasteiger partial charge in [-0.25, -0.2) is 9.59 Å². The second-order valence-corrected chi connectivity index (χ2v) is 8.89. The van der Waals surface area contributed by atoms with E-state index in [-0.39, 0.29) is 18.1 Å². The fourth-order valence-electron chi connectivity index (χ4n) is 3.92. The highest BCUT2D eigenvalue weighted by atomic mass is 19.4. The summed E-state index contributed by atoms with van der Waals surface area (Å²) in [6.45, 7) is 3.31. The van der Waals surface area contributed by atoms with Crippen LogP contribution in [0.2, 0.25) is 0 Å². The third kappa shape index (κ3) is 10.8. The molecule has 0 aromatic carbocycles. The predicted octanol–water partition coefficient (Wildman–Crippen LogP) is 2.38. The van der Waals surface area contributed by atoms with Crippen molar-refractivity contribution in [1.82, 2.24) is 25.0 Å². The van der Waals surface area contributed by atoms with E-state index in [9.17, 15) is 31.1 Å². The molecule has 3 N–H and O–H groups in total. The minimum Gasteiger partial charge on any atom is -0.475 e. The molecule has 0 unspecified atom stereocenters. The number of amides is 1. The third-order valence-corrected chi connectivity index (χ3v) is 5.77. The normalized spacial score (nSPS) is 20.7. The molecular weight excluding hydrogens is 556 g/mol. The quantitative estimate of drug-likeness (QED) is 0.452. The molecule has 0 radical (unpaired) electrons. The highest BCUT2D eigenvalue weighted by Crippen LogP contribution is 2.33. The Morgan fingerprint density at radius 3 is 2.20 bits per heavy atom. The number of nitrogens with zero attached hydrogens (tertiary/aromatic N) is 4. The average Bonchev–Trinajstić information content (AvgIpc) is 3.48. The van der Waals surface area contributed by atoms with Crippen molar-refractivity contribution in [3.05, 3.63) is 48.0 Å². The number of rotatable bonds is 5. The number of aliphatic carboxylic acids is 2. The van der Waals surface area contributed by atoms with Crippen LogP contribution in [0.1, 0.15) is 24.0 Å². The van der Waals surface area contributed by atoms with E-state index < -0.39 is 24.3 Å². The van der Waals surface area contributed by atoms with Gasteiger partial charge in [0, 0.05) is 50.8 Å². The fraction of sp³-hybridized carbons (Fsp3) is 0.522. The summed E-state index contributed by atoms with van der Waals surface area (Å²) in [5, 5.41) is 21.5. The number of aromatic nitrogens is 3. The standard InChI is InChI=1S/C19H25N5O2.2C2HF3O2/c1-23-11-15(10-22-23)12-24-6-4-16-7-17(26-18(16)13-24)19(25)21-9-14-3-2-5-20-8-14;2*3-2(4,5)1(6)7/h2-3,5,8,10-11,16-18H,4,6-7,9,12-13H2,1H3,(H,21,25);2*(H,6,7)/t16-,17-,18-;;/m0../s1. The minimum absolute atomic E-state index is 0.0120. The second kappa shape index (κ2) is 14.1. The van der Waals surface area contributed by atoms with Gasteiger partial charge in [0.2, 0.25) is 5.91 Å². The third-order valence-electron chi connectivity index (χ3n) is 5.77.